The van der Waals surface area contributed by atoms with Crippen LogP contribution in [0.15, 0.2) is 10.6 Å². The first kappa shape index (κ1) is 13.9. The highest BCUT2D eigenvalue weighted by Gasteiger charge is 2.45. The molecule has 1 saturated carbocycles. The Labute approximate surface area is 107 Å². The van der Waals surface area contributed by atoms with Crippen LogP contribution in [-0.2, 0) is 9.53 Å². The van der Waals surface area contributed by atoms with E-state index in [1.165, 1.54) is 0 Å². The fourth-order valence-electron chi connectivity index (χ4n) is 2.14. The molecular weight excluding hydrogens is 247 g/mol. The molecule has 0 aromatic carbocycles. The van der Waals surface area contributed by atoms with Crippen molar-refractivity contribution in [3.8, 4) is 0 Å². The van der Waals surface area contributed by atoms with Crippen molar-refractivity contribution in [3.63, 3.8) is 0 Å². The summed E-state index contributed by atoms with van der Waals surface area (Å²) in [5, 5.41) is 0. The fraction of sp³-hybridized carbons (Fsp3) is 0.750. The number of allylic oxidation sites excluding steroid dienone is 1. The lowest BCUT2D eigenvalue weighted by Crippen LogP contribution is -2.33. The molecule has 0 N–H and O–H groups in total. The van der Waals surface area contributed by atoms with Gasteiger partial charge in [-0.1, -0.05) is 37.0 Å². The zero-order chi connectivity index (χ0) is 12.3. The minimum atomic E-state index is -0.355. The molecule has 4 heteroatoms. The molecule has 0 spiro atoms. The Hall–Kier alpha value is -0.210. The summed E-state index contributed by atoms with van der Waals surface area (Å²) < 4.78 is 5.33. The topological polar surface area (TPSA) is 26.3 Å². The SMILES string of the molecule is CCOC(=O)C(C1CC1)C(C)(C)C=C(Cl)Cl. The molecule has 92 valence electrons. The van der Waals surface area contributed by atoms with Crippen molar-refractivity contribution in [1.29, 1.82) is 0 Å². The predicted molar refractivity (Wildman–Crippen MR) is 66.4 cm³/mol. The minimum Gasteiger partial charge on any atom is -0.466 e. The van der Waals surface area contributed by atoms with Gasteiger partial charge < -0.3 is 4.74 Å². The molecule has 0 amide bonds. The smallest absolute Gasteiger partial charge is 0.310 e. The third kappa shape index (κ3) is 3.67. The molecule has 2 nitrogen and oxygen atoms in total. The molecule has 1 rings (SSSR count). The summed E-state index contributed by atoms with van der Waals surface area (Å²) in [7, 11) is 0. The molecule has 0 saturated heterocycles. The number of halogens is 2. The summed E-state index contributed by atoms with van der Waals surface area (Å²) >= 11 is 11.4. The van der Waals surface area contributed by atoms with Gasteiger partial charge in [-0.15, -0.1) is 0 Å². The third-order valence-electron chi connectivity index (χ3n) is 2.92. The highest BCUT2D eigenvalue weighted by atomic mass is 35.5. The lowest BCUT2D eigenvalue weighted by molar-refractivity contribution is -0.152. The van der Waals surface area contributed by atoms with E-state index in [0.717, 1.165) is 12.8 Å². The van der Waals surface area contributed by atoms with E-state index in [9.17, 15) is 4.79 Å². The number of hydrogen-bond donors (Lipinski definition) is 0. The Morgan fingerprint density at radius 3 is 2.44 bits per heavy atom. The van der Waals surface area contributed by atoms with Crippen LogP contribution < -0.4 is 0 Å². The van der Waals surface area contributed by atoms with Gasteiger partial charge in [-0.05, 0) is 37.2 Å². The van der Waals surface area contributed by atoms with E-state index in [4.69, 9.17) is 27.9 Å². The molecule has 1 fully saturated rings. The van der Waals surface area contributed by atoms with E-state index >= 15 is 0 Å². The van der Waals surface area contributed by atoms with Gasteiger partial charge in [-0.2, -0.15) is 0 Å². The van der Waals surface area contributed by atoms with Gasteiger partial charge >= 0.3 is 5.97 Å². The van der Waals surface area contributed by atoms with Gasteiger partial charge in [0.15, 0.2) is 0 Å². The average Bonchev–Trinajstić information content (AvgIpc) is 2.85. The van der Waals surface area contributed by atoms with Gasteiger partial charge in [0.05, 0.1) is 12.5 Å². The molecule has 0 radical (unpaired) electrons. The highest BCUT2D eigenvalue weighted by Crippen LogP contribution is 2.47. The number of ether oxygens (including phenoxy) is 1. The molecule has 0 aromatic rings. The summed E-state index contributed by atoms with van der Waals surface area (Å²) in [5.74, 6) is 0.138. The first-order valence-electron chi connectivity index (χ1n) is 5.59. The molecule has 0 bridgehead atoms. The number of hydrogen-bond acceptors (Lipinski definition) is 2. The Morgan fingerprint density at radius 1 is 1.50 bits per heavy atom. The summed E-state index contributed by atoms with van der Waals surface area (Å²) in [6.07, 6.45) is 3.90. The highest BCUT2D eigenvalue weighted by molar-refractivity contribution is 6.55. The van der Waals surface area contributed by atoms with Crippen molar-refractivity contribution in [2.24, 2.45) is 17.3 Å². The van der Waals surface area contributed by atoms with Crippen LogP contribution in [-0.4, -0.2) is 12.6 Å². The molecule has 0 aliphatic heterocycles. The van der Waals surface area contributed by atoms with E-state index in [2.05, 4.69) is 0 Å². The number of carbonyl (C=O) groups is 1. The molecule has 1 aliphatic carbocycles. The normalized spacial score (nSPS) is 17.8. The largest absolute Gasteiger partial charge is 0.466 e. The quantitative estimate of drug-likeness (QED) is 0.704. The maximum Gasteiger partial charge on any atom is 0.310 e. The zero-order valence-electron chi connectivity index (χ0n) is 9.93. The molecule has 0 aromatic heterocycles. The van der Waals surface area contributed by atoms with Crippen molar-refractivity contribution in [2.75, 3.05) is 6.61 Å². The predicted octanol–water partition coefficient (Wildman–Crippen LogP) is 3.92. The van der Waals surface area contributed by atoms with Crippen LogP contribution in [0.25, 0.3) is 0 Å². The molecule has 1 unspecified atom stereocenters. The maximum atomic E-state index is 11.9. The maximum absolute atomic E-state index is 11.9. The van der Waals surface area contributed by atoms with Gasteiger partial charge in [-0.3, -0.25) is 4.79 Å². The lowest BCUT2D eigenvalue weighted by atomic mass is 9.76. The third-order valence-corrected chi connectivity index (χ3v) is 3.13. The standard InChI is InChI=1S/C12H18Cl2O2/c1-4-16-11(15)10(8-5-6-8)12(2,3)7-9(13)14/h7-8,10H,4-6H2,1-3H3. The van der Waals surface area contributed by atoms with Crippen LogP contribution in [0.2, 0.25) is 0 Å². The van der Waals surface area contributed by atoms with Crippen molar-refractivity contribution in [1.82, 2.24) is 0 Å². The van der Waals surface area contributed by atoms with Crippen molar-refractivity contribution >= 4 is 29.2 Å². The van der Waals surface area contributed by atoms with Crippen LogP contribution in [0.4, 0.5) is 0 Å². The summed E-state index contributed by atoms with van der Waals surface area (Å²) in [4.78, 5) is 11.9. The Balaban J connectivity index is 2.84. The van der Waals surface area contributed by atoms with E-state index in [-0.39, 0.29) is 21.8 Å². The Bertz CT molecular complexity index is 289. The fourth-order valence-corrected chi connectivity index (χ4v) is 2.70. The van der Waals surface area contributed by atoms with Gasteiger partial charge in [-0.25, -0.2) is 0 Å². The molecule has 1 atom stereocenters. The van der Waals surface area contributed by atoms with Gasteiger partial charge in [0.1, 0.15) is 4.49 Å². The molecule has 1 aliphatic rings. The number of carbonyl (C=O) groups excluding carboxylic acids is 1. The number of rotatable bonds is 5. The first-order valence-corrected chi connectivity index (χ1v) is 6.34. The van der Waals surface area contributed by atoms with E-state index in [0.29, 0.717) is 12.5 Å². The minimum absolute atomic E-state index is 0.138. The second kappa shape index (κ2) is 5.42. The first-order chi connectivity index (χ1) is 7.38. The summed E-state index contributed by atoms with van der Waals surface area (Å²) in [5.41, 5.74) is -0.355. The lowest BCUT2D eigenvalue weighted by Gasteiger charge is -2.29. The van der Waals surface area contributed by atoms with Gasteiger partial charge in [0.25, 0.3) is 0 Å². The monoisotopic (exact) mass is 264 g/mol. The Kier molecular flexibility index (Phi) is 4.69. The van der Waals surface area contributed by atoms with E-state index in [1.807, 2.05) is 20.8 Å². The number of esters is 1. The molecular formula is C12H18Cl2O2. The summed E-state index contributed by atoms with van der Waals surface area (Å²) in [6, 6.07) is 0. The van der Waals surface area contributed by atoms with Crippen LogP contribution in [0.1, 0.15) is 33.6 Å². The van der Waals surface area contributed by atoms with Crippen molar-refractivity contribution < 1.29 is 9.53 Å². The van der Waals surface area contributed by atoms with Crippen LogP contribution in [0.5, 0.6) is 0 Å². The zero-order valence-corrected chi connectivity index (χ0v) is 11.4. The van der Waals surface area contributed by atoms with Crippen molar-refractivity contribution in [2.45, 2.75) is 33.6 Å². The molecule has 0 heterocycles. The van der Waals surface area contributed by atoms with Crippen molar-refractivity contribution in [3.05, 3.63) is 10.6 Å². The van der Waals surface area contributed by atoms with E-state index in [1.54, 1.807) is 6.08 Å². The second-order valence-corrected chi connectivity index (χ2v) is 5.83. The van der Waals surface area contributed by atoms with Crippen LogP contribution in [0.3, 0.4) is 0 Å². The summed E-state index contributed by atoms with van der Waals surface area (Å²) in [6.45, 7) is 6.17. The van der Waals surface area contributed by atoms with Crippen LogP contribution >= 0.6 is 23.2 Å². The molecule has 16 heavy (non-hydrogen) atoms. The Morgan fingerprint density at radius 2 is 2.06 bits per heavy atom. The van der Waals surface area contributed by atoms with E-state index < -0.39 is 0 Å². The second-order valence-electron chi connectivity index (χ2n) is 4.82. The van der Waals surface area contributed by atoms with Gasteiger partial charge in [0.2, 0.25) is 0 Å². The van der Waals surface area contributed by atoms with Gasteiger partial charge in [0, 0.05) is 0 Å². The van der Waals surface area contributed by atoms with Crippen LogP contribution in [0, 0.1) is 17.3 Å². The average molecular weight is 265 g/mol.